The van der Waals surface area contributed by atoms with Crippen LogP contribution in [-0.2, 0) is 0 Å². The summed E-state index contributed by atoms with van der Waals surface area (Å²) in [4.78, 5) is 26.4. The number of fused-ring (bicyclic) bond motifs is 1. The lowest BCUT2D eigenvalue weighted by molar-refractivity contribution is 0.255. The Morgan fingerprint density at radius 2 is 1.61 bits per heavy atom. The number of amides is 2. The molecule has 2 N–H and O–H groups in total. The van der Waals surface area contributed by atoms with Crippen LogP contribution in [0.3, 0.4) is 0 Å². The minimum absolute atomic E-state index is 0.0528. The number of benzene rings is 2. The Labute approximate surface area is 232 Å². The third kappa shape index (κ3) is 4.88. The molecule has 2 aromatic rings. The van der Waals surface area contributed by atoms with Crippen molar-refractivity contribution in [2.24, 2.45) is 5.41 Å². The summed E-state index contributed by atoms with van der Waals surface area (Å²) in [5.41, 5.74) is 8.90. The predicted molar refractivity (Wildman–Crippen MR) is 168 cm³/mol. The van der Waals surface area contributed by atoms with Gasteiger partial charge in [-0.3, -0.25) is 9.59 Å². The van der Waals surface area contributed by atoms with Crippen LogP contribution < -0.4 is 10.5 Å². The van der Waals surface area contributed by atoms with Crippen molar-refractivity contribution in [3.63, 3.8) is 0 Å². The molecular formula is C31H45BN2O2Si2. The van der Waals surface area contributed by atoms with Crippen LogP contribution in [0.5, 0.6) is 0 Å². The van der Waals surface area contributed by atoms with Gasteiger partial charge >= 0.3 is 0 Å². The van der Waals surface area contributed by atoms with Gasteiger partial charge < -0.3 is 10.5 Å². The van der Waals surface area contributed by atoms with Crippen molar-refractivity contribution >= 4 is 39.1 Å². The molecule has 4 rings (SSSR count). The highest BCUT2D eigenvalue weighted by atomic mass is 28.4. The van der Waals surface area contributed by atoms with Crippen molar-refractivity contribution < 1.29 is 9.59 Å². The van der Waals surface area contributed by atoms with Crippen molar-refractivity contribution in [2.75, 3.05) is 0 Å². The van der Waals surface area contributed by atoms with Gasteiger partial charge in [0, 0.05) is 0 Å². The summed E-state index contributed by atoms with van der Waals surface area (Å²) in [6, 6.07) is 13.4. The smallest absolute Gasteiger partial charge is 0.254 e. The highest BCUT2D eigenvalue weighted by Gasteiger charge is 2.63. The van der Waals surface area contributed by atoms with E-state index >= 15 is 0 Å². The maximum absolute atomic E-state index is 14.1. The molecule has 1 fully saturated rings. The molecular weight excluding hydrogens is 499 g/mol. The molecule has 0 spiro atoms. The lowest BCUT2D eigenvalue weighted by Crippen LogP contribution is -2.87. The van der Waals surface area contributed by atoms with Crippen LogP contribution in [0.25, 0.3) is 17.2 Å². The standard InChI is InChI=1S/C31H45BN2O2Si2/c1-19(2)22-15-23(20(3)4)17-24(16-22)25-14-12-13-21-18-26(31(5,6)7)28(27(21)25)33-29(35)37(8,9)32-34-30(36)38(32,10)11/h12-20,28H,1-11H3,(H,33,35)(H,34,36). The average molecular weight is 545 g/mol. The van der Waals surface area contributed by atoms with E-state index in [1.54, 1.807) is 0 Å². The number of hydrogen-bond acceptors (Lipinski definition) is 2. The molecule has 1 heterocycles. The molecule has 1 aliphatic carbocycles. The van der Waals surface area contributed by atoms with E-state index in [0.29, 0.717) is 11.8 Å². The molecule has 1 aliphatic heterocycles. The number of hydrogen-bond donors (Lipinski definition) is 2. The molecule has 2 aromatic carbocycles. The molecule has 7 heteroatoms. The van der Waals surface area contributed by atoms with Crippen molar-refractivity contribution in [3.05, 3.63) is 64.2 Å². The van der Waals surface area contributed by atoms with E-state index in [2.05, 4.69) is 128 Å². The summed E-state index contributed by atoms with van der Waals surface area (Å²) in [6.07, 6.45) is 2.29. The molecule has 1 atom stereocenters. The topological polar surface area (TPSA) is 58.2 Å². The Morgan fingerprint density at radius 3 is 2.08 bits per heavy atom. The van der Waals surface area contributed by atoms with Crippen LogP contribution in [-0.4, -0.2) is 33.0 Å². The second-order valence-electron chi connectivity index (χ2n) is 14.1. The normalized spacial score (nSPS) is 18.8. The minimum Gasteiger partial charge on any atom is -0.408 e. The summed E-state index contributed by atoms with van der Waals surface area (Å²) in [5, 5.41) is 6.66. The molecule has 0 radical (unpaired) electrons. The van der Waals surface area contributed by atoms with Crippen LogP contribution in [0.4, 0.5) is 9.59 Å². The van der Waals surface area contributed by atoms with E-state index in [-0.39, 0.29) is 28.6 Å². The minimum atomic E-state index is -2.47. The van der Waals surface area contributed by atoms with E-state index in [4.69, 9.17) is 0 Å². The second-order valence-corrected chi connectivity index (χ2v) is 23.6. The number of carbonyl (C=O) groups is 2. The third-order valence-corrected chi connectivity index (χ3v) is 18.8. The molecule has 1 unspecified atom stereocenters. The Kier molecular flexibility index (Phi) is 7.28. The van der Waals surface area contributed by atoms with Crippen LogP contribution in [0, 0.1) is 5.41 Å². The molecule has 0 bridgehead atoms. The molecule has 38 heavy (non-hydrogen) atoms. The van der Waals surface area contributed by atoms with Gasteiger partial charge in [0.2, 0.25) is 0 Å². The van der Waals surface area contributed by atoms with Crippen LogP contribution in [0.1, 0.15) is 88.6 Å². The van der Waals surface area contributed by atoms with Gasteiger partial charge in [-0.2, -0.15) is 0 Å². The zero-order valence-corrected chi connectivity index (χ0v) is 27.2. The van der Waals surface area contributed by atoms with E-state index in [9.17, 15) is 9.59 Å². The van der Waals surface area contributed by atoms with Gasteiger partial charge in [-0.1, -0.05) is 117 Å². The second kappa shape index (κ2) is 9.67. The van der Waals surface area contributed by atoms with Gasteiger partial charge in [-0.15, -0.1) is 0 Å². The fraction of sp³-hybridized carbons (Fsp3) is 0.484. The Hall–Kier alpha value is -2.38. The molecule has 202 valence electrons. The zero-order valence-electron chi connectivity index (χ0n) is 25.2. The Balaban J connectivity index is 1.81. The highest BCUT2D eigenvalue weighted by Crippen LogP contribution is 2.48. The fourth-order valence-corrected chi connectivity index (χ4v) is 16.5. The molecule has 4 nitrogen and oxygen atoms in total. The Morgan fingerprint density at radius 1 is 1.03 bits per heavy atom. The lowest BCUT2D eigenvalue weighted by Gasteiger charge is -2.46. The van der Waals surface area contributed by atoms with Crippen molar-refractivity contribution in [2.45, 2.75) is 92.5 Å². The largest absolute Gasteiger partial charge is 0.408 e. The van der Waals surface area contributed by atoms with E-state index in [1.807, 2.05) is 0 Å². The van der Waals surface area contributed by atoms with Crippen LogP contribution >= 0.6 is 0 Å². The maximum atomic E-state index is 14.1. The highest BCUT2D eigenvalue weighted by molar-refractivity contribution is 7.75. The summed E-state index contributed by atoms with van der Waals surface area (Å²) in [6.45, 7) is 24.1. The summed E-state index contributed by atoms with van der Waals surface area (Å²) < 4.78 is 0. The number of rotatable bonds is 6. The zero-order chi connectivity index (χ0) is 28.4. The lowest BCUT2D eigenvalue weighted by atomic mass is 9.81. The van der Waals surface area contributed by atoms with E-state index in [0.717, 1.165) is 0 Å². The average Bonchev–Trinajstić information content (AvgIpc) is 3.21. The molecule has 0 saturated carbocycles. The Bertz CT molecular complexity index is 1300. The van der Waals surface area contributed by atoms with Gasteiger partial charge in [0.15, 0.2) is 11.1 Å². The first-order valence-electron chi connectivity index (χ1n) is 14.1. The molecule has 0 aromatic heterocycles. The first-order valence-corrected chi connectivity index (χ1v) is 20.2. The van der Waals surface area contributed by atoms with Crippen molar-refractivity contribution in [1.29, 1.82) is 0 Å². The van der Waals surface area contributed by atoms with Gasteiger partial charge in [-0.25, -0.2) is 0 Å². The quantitative estimate of drug-likeness (QED) is 0.360. The SMILES string of the molecule is CC(C)c1cc(-c2cccc3c2C(NC(=O)[Si](C)(C)B2NC(=O)[Si]2(C)C)C(C(C)(C)C)=C3)cc(C(C)C)c1. The van der Waals surface area contributed by atoms with Crippen LogP contribution in [0.2, 0.25) is 26.2 Å². The third-order valence-electron chi connectivity index (χ3n) is 8.70. The van der Waals surface area contributed by atoms with E-state index in [1.165, 1.54) is 39.0 Å². The van der Waals surface area contributed by atoms with Crippen molar-refractivity contribution in [1.82, 2.24) is 10.5 Å². The fourth-order valence-electron chi connectivity index (χ4n) is 6.07. The van der Waals surface area contributed by atoms with Gasteiger partial charge in [0.1, 0.15) is 15.9 Å². The van der Waals surface area contributed by atoms with Crippen LogP contribution in [0.15, 0.2) is 42.0 Å². The summed E-state index contributed by atoms with van der Waals surface area (Å²) >= 11 is 0. The van der Waals surface area contributed by atoms with Gasteiger partial charge in [-0.05, 0) is 56.2 Å². The van der Waals surface area contributed by atoms with Gasteiger partial charge in [0.05, 0.1) is 6.04 Å². The number of nitrogens with one attached hydrogen (secondary N) is 2. The molecule has 2 aliphatic rings. The first-order chi connectivity index (χ1) is 17.5. The predicted octanol–water partition coefficient (Wildman–Crippen LogP) is 8.25. The summed E-state index contributed by atoms with van der Waals surface area (Å²) in [7, 11) is -4.59. The van der Waals surface area contributed by atoms with E-state index < -0.39 is 15.9 Å². The summed E-state index contributed by atoms with van der Waals surface area (Å²) in [5.74, 6) is 0.861. The molecule has 1 saturated heterocycles. The molecule has 2 amide bonds. The van der Waals surface area contributed by atoms with Gasteiger partial charge in [0.25, 0.3) is 6.03 Å². The number of carbonyl (C=O) groups excluding carboxylic acids is 2. The maximum Gasteiger partial charge on any atom is 0.254 e. The van der Waals surface area contributed by atoms with Crippen molar-refractivity contribution in [3.8, 4) is 11.1 Å². The first kappa shape index (κ1) is 28.6. The monoisotopic (exact) mass is 544 g/mol.